The quantitative estimate of drug-likeness (QED) is 0.806. The fourth-order valence-corrected chi connectivity index (χ4v) is 4.52. The molecule has 2 aliphatic heterocycles. The third kappa shape index (κ3) is 4.27. The van der Waals surface area contributed by atoms with Gasteiger partial charge < -0.3 is 20.3 Å². The van der Waals surface area contributed by atoms with Crippen molar-refractivity contribution in [1.82, 2.24) is 10.2 Å². The van der Waals surface area contributed by atoms with Gasteiger partial charge in [0.05, 0.1) is 0 Å². The Bertz CT molecular complexity index is 918. The topological polar surface area (TPSA) is 70.7 Å². The van der Waals surface area contributed by atoms with E-state index in [1.165, 1.54) is 0 Å². The number of carbonyl (C=O) groups is 2. The summed E-state index contributed by atoms with van der Waals surface area (Å²) < 4.78 is 6.48. The van der Waals surface area contributed by atoms with Crippen LogP contribution in [-0.4, -0.2) is 42.6 Å². The molecule has 158 valence electrons. The van der Waals surface area contributed by atoms with Crippen molar-refractivity contribution in [2.24, 2.45) is 0 Å². The Kier molecular flexibility index (Phi) is 5.66. The minimum Gasteiger partial charge on any atom is -0.487 e. The van der Waals surface area contributed by atoms with Crippen LogP contribution < -0.4 is 15.4 Å². The number of likely N-dealkylation sites (tertiary alicyclic amines) is 1. The van der Waals surface area contributed by atoms with E-state index in [0.29, 0.717) is 19.5 Å². The van der Waals surface area contributed by atoms with Crippen molar-refractivity contribution >= 4 is 17.6 Å². The molecule has 2 aromatic carbocycles. The number of nitrogens with zero attached hydrogens (tertiary/aromatic N) is 1. The number of rotatable bonds is 3. The molecule has 0 bridgehead atoms. The van der Waals surface area contributed by atoms with Gasteiger partial charge in [-0.3, -0.25) is 4.79 Å². The number of anilines is 1. The first-order chi connectivity index (χ1) is 14.5. The van der Waals surface area contributed by atoms with E-state index in [-0.39, 0.29) is 23.5 Å². The summed E-state index contributed by atoms with van der Waals surface area (Å²) in [6.45, 7) is 3.29. The summed E-state index contributed by atoms with van der Waals surface area (Å²) in [5.74, 6) is 1.04. The van der Waals surface area contributed by atoms with Gasteiger partial charge in [0.1, 0.15) is 11.4 Å². The first-order valence-corrected chi connectivity index (χ1v) is 10.6. The molecule has 2 aromatic rings. The van der Waals surface area contributed by atoms with Gasteiger partial charge in [0.25, 0.3) is 0 Å². The van der Waals surface area contributed by atoms with Crippen LogP contribution in [0.3, 0.4) is 0 Å². The smallest absolute Gasteiger partial charge is 0.321 e. The number of carbonyl (C=O) groups excluding carboxylic acids is 2. The van der Waals surface area contributed by atoms with Crippen LogP contribution in [0.2, 0.25) is 0 Å². The van der Waals surface area contributed by atoms with E-state index >= 15 is 0 Å². The van der Waals surface area contributed by atoms with Crippen LogP contribution in [0.5, 0.6) is 5.75 Å². The molecule has 1 unspecified atom stereocenters. The average molecular weight is 408 g/mol. The van der Waals surface area contributed by atoms with Gasteiger partial charge in [-0.05, 0) is 37.1 Å². The fraction of sp³-hybridized carbons (Fsp3) is 0.417. The summed E-state index contributed by atoms with van der Waals surface area (Å²) in [5.41, 5.74) is 2.74. The Morgan fingerprint density at radius 1 is 1.10 bits per heavy atom. The Morgan fingerprint density at radius 2 is 1.80 bits per heavy atom. The highest BCUT2D eigenvalue weighted by molar-refractivity contribution is 5.89. The van der Waals surface area contributed by atoms with Crippen LogP contribution in [0.1, 0.15) is 42.7 Å². The highest BCUT2D eigenvalue weighted by atomic mass is 16.5. The Morgan fingerprint density at radius 3 is 2.50 bits per heavy atom. The molecule has 30 heavy (non-hydrogen) atoms. The zero-order chi connectivity index (χ0) is 21.1. The van der Waals surface area contributed by atoms with Crippen molar-refractivity contribution in [1.29, 1.82) is 0 Å². The molecular formula is C24H29N3O3. The molecule has 2 aliphatic rings. The molecule has 4 rings (SSSR count). The third-order valence-electron chi connectivity index (χ3n) is 6.28. The van der Waals surface area contributed by atoms with Gasteiger partial charge in [-0.2, -0.15) is 0 Å². The van der Waals surface area contributed by atoms with Crippen molar-refractivity contribution in [2.75, 3.05) is 25.5 Å². The maximum Gasteiger partial charge on any atom is 0.321 e. The molecule has 6 heteroatoms. The lowest BCUT2D eigenvalue weighted by Gasteiger charge is -2.46. The summed E-state index contributed by atoms with van der Waals surface area (Å²) in [6.07, 6.45) is 2.76. The Balaban J connectivity index is 1.43. The second-order valence-electron chi connectivity index (χ2n) is 8.38. The molecule has 2 N–H and O–H groups in total. The monoisotopic (exact) mass is 407 g/mol. The molecule has 3 amide bonds. The number of amides is 3. The van der Waals surface area contributed by atoms with E-state index in [0.717, 1.165) is 41.8 Å². The molecule has 1 saturated heterocycles. The van der Waals surface area contributed by atoms with Gasteiger partial charge in [0, 0.05) is 51.0 Å². The predicted molar refractivity (Wildman–Crippen MR) is 117 cm³/mol. The number of hydrogen-bond acceptors (Lipinski definition) is 3. The van der Waals surface area contributed by atoms with E-state index in [9.17, 15) is 9.59 Å². The van der Waals surface area contributed by atoms with E-state index in [2.05, 4.69) is 16.7 Å². The molecule has 0 aromatic heterocycles. The molecule has 6 nitrogen and oxygen atoms in total. The summed E-state index contributed by atoms with van der Waals surface area (Å²) in [6, 6.07) is 15.7. The minimum absolute atomic E-state index is 0.0433. The average Bonchev–Trinajstić information content (AvgIpc) is 2.75. The second-order valence-corrected chi connectivity index (χ2v) is 8.38. The van der Waals surface area contributed by atoms with E-state index < -0.39 is 0 Å². The van der Waals surface area contributed by atoms with Crippen LogP contribution in [0, 0.1) is 6.92 Å². The van der Waals surface area contributed by atoms with Crippen molar-refractivity contribution in [2.45, 2.75) is 44.1 Å². The van der Waals surface area contributed by atoms with Crippen molar-refractivity contribution in [3.8, 4) is 5.75 Å². The van der Waals surface area contributed by atoms with Gasteiger partial charge in [-0.25, -0.2) is 4.79 Å². The van der Waals surface area contributed by atoms with Crippen LogP contribution in [0.25, 0.3) is 0 Å². The van der Waals surface area contributed by atoms with Gasteiger partial charge in [0.2, 0.25) is 5.91 Å². The van der Waals surface area contributed by atoms with Crippen LogP contribution in [0.15, 0.2) is 48.5 Å². The summed E-state index contributed by atoms with van der Waals surface area (Å²) in [5, 5.41) is 5.72. The number of benzene rings is 2. The van der Waals surface area contributed by atoms with E-state index in [1.54, 1.807) is 7.05 Å². The van der Waals surface area contributed by atoms with Crippen LogP contribution in [0.4, 0.5) is 10.5 Å². The highest BCUT2D eigenvalue weighted by Gasteiger charge is 2.44. The summed E-state index contributed by atoms with van der Waals surface area (Å²) in [7, 11) is 1.68. The standard InChI is InChI=1S/C24H29N3O3/c1-17-7-9-19(10-8-17)26-23(29)27-13-11-24(12-14-27)16-18(15-22(28)25-2)20-5-3-4-6-21(20)30-24/h3-10,18H,11-16H2,1-2H3,(H,25,28)(H,26,29). The fourth-order valence-electron chi connectivity index (χ4n) is 4.52. The maximum atomic E-state index is 12.7. The maximum absolute atomic E-state index is 12.7. The number of hydrogen-bond donors (Lipinski definition) is 2. The van der Waals surface area contributed by atoms with Crippen molar-refractivity contribution < 1.29 is 14.3 Å². The van der Waals surface area contributed by atoms with Gasteiger partial charge in [-0.15, -0.1) is 0 Å². The van der Waals surface area contributed by atoms with Gasteiger partial charge >= 0.3 is 6.03 Å². The lowest BCUT2D eigenvalue weighted by atomic mass is 9.76. The number of piperidine rings is 1. The number of para-hydroxylation sites is 1. The number of urea groups is 1. The normalized spacial score (nSPS) is 19.5. The third-order valence-corrected chi connectivity index (χ3v) is 6.28. The van der Waals surface area contributed by atoms with Gasteiger partial charge in [-0.1, -0.05) is 35.9 Å². The zero-order valence-electron chi connectivity index (χ0n) is 17.6. The zero-order valence-corrected chi connectivity index (χ0v) is 17.6. The van der Waals surface area contributed by atoms with Crippen LogP contribution >= 0.6 is 0 Å². The van der Waals surface area contributed by atoms with Gasteiger partial charge in [0.15, 0.2) is 0 Å². The molecule has 1 fully saturated rings. The van der Waals surface area contributed by atoms with E-state index in [4.69, 9.17) is 4.74 Å². The number of ether oxygens (including phenoxy) is 1. The molecule has 1 spiro atoms. The molecular weight excluding hydrogens is 378 g/mol. The molecule has 0 saturated carbocycles. The summed E-state index contributed by atoms with van der Waals surface area (Å²) >= 11 is 0. The predicted octanol–water partition coefficient (Wildman–Crippen LogP) is 4.06. The number of nitrogens with one attached hydrogen (secondary N) is 2. The Labute approximate surface area is 177 Å². The SMILES string of the molecule is CNC(=O)CC1CC2(CCN(C(=O)Nc3ccc(C)cc3)CC2)Oc2ccccc21. The first kappa shape index (κ1) is 20.3. The van der Waals surface area contributed by atoms with Crippen LogP contribution in [-0.2, 0) is 4.79 Å². The molecule has 2 heterocycles. The molecule has 0 aliphatic carbocycles. The molecule has 1 atom stereocenters. The Hall–Kier alpha value is -3.02. The van der Waals surface area contributed by atoms with Crippen molar-refractivity contribution in [3.63, 3.8) is 0 Å². The lowest BCUT2D eigenvalue weighted by molar-refractivity contribution is -0.121. The largest absolute Gasteiger partial charge is 0.487 e. The highest BCUT2D eigenvalue weighted by Crippen LogP contribution is 2.46. The molecule has 0 radical (unpaired) electrons. The first-order valence-electron chi connectivity index (χ1n) is 10.6. The van der Waals surface area contributed by atoms with Crippen molar-refractivity contribution in [3.05, 3.63) is 59.7 Å². The number of fused-ring (bicyclic) bond motifs is 1. The minimum atomic E-state index is -0.326. The summed E-state index contributed by atoms with van der Waals surface area (Å²) in [4.78, 5) is 26.6. The second kappa shape index (κ2) is 8.38. The lowest BCUT2D eigenvalue weighted by Crippen LogP contribution is -2.52. The van der Waals surface area contributed by atoms with E-state index in [1.807, 2.05) is 54.3 Å². The number of aryl methyl sites for hydroxylation is 1.